The summed E-state index contributed by atoms with van der Waals surface area (Å²) in [6.07, 6.45) is 2.02. The average molecular weight is 237 g/mol. The Morgan fingerprint density at radius 2 is 1.61 bits per heavy atom. The minimum absolute atomic E-state index is 0.159. The normalized spacial score (nSPS) is 11.5. The Labute approximate surface area is 105 Å². The highest BCUT2D eigenvalue weighted by molar-refractivity contribution is 5.84. The van der Waals surface area contributed by atoms with E-state index in [0.29, 0.717) is 0 Å². The highest BCUT2D eigenvalue weighted by Gasteiger charge is 2.13. The SMILES string of the molecule is CC(C)c1c(=O)c2ccccc2n2ccccc12. The van der Waals surface area contributed by atoms with Crippen molar-refractivity contribution in [1.29, 1.82) is 0 Å². The smallest absolute Gasteiger partial charge is 0.193 e. The summed E-state index contributed by atoms with van der Waals surface area (Å²) in [5, 5.41) is 0.796. The summed E-state index contributed by atoms with van der Waals surface area (Å²) < 4.78 is 2.10. The zero-order valence-electron chi connectivity index (χ0n) is 10.6. The number of pyridine rings is 2. The molecule has 0 saturated heterocycles. The van der Waals surface area contributed by atoms with Crippen LogP contribution in [0.15, 0.2) is 53.5 Å². The first-order chi connectivity index (χ1) is 8.70. The van der Waals surface area contributed by atoms with E-state index in [-0.39, 0.29) is 11.3 Å². The van der Waals surface area contributed by atoms with Crippen LogP contribution in [0.1, 0.15) is 25.3 Å². The number of hydrogen-bond acceptors (Lipinski definition) is 1. The van der Waals surface area contributed by atoms with Gasteiger partial charge in [0.2, 0.25) is 0 Å². The Bertz CT molecular complexity index is 784. The van der Waals surface area contributed by atoms with E-state index in [1.54, 1.807) is 0 Å². The van der Waals surface area contributed by atoms with Gasteiger partial charge in [-0.2, -0.15) is 0 Å². The lowest BCUT2D eigenvalue weighted by Gasteiger charge is -2.13. The van der Waals surface area contributed by atoms with Gasteiger partial charge in [-0.05, 0) is 30.2 Å². The van der Waals surface area contributed by atoms with Crippen molar-refractivity contribution >= 4 is 16.4 Å². The monoisotopic (exact) mass is 237 g/mol. The molecule has 90 valence electrons. The van der Waals surface area contributed by atoms with Gasteiger partial charge in [0.25, 0.3) is 0 Å². The molecule has 0 aliphatic rings. The summed E-state index contributed by atoms with van der Waals surface area (Å²) in [6.45, 7) is 4.14. The fourth-order valence-corrected chi connectivity index (χ4v) is 2.57. The topological polar surface area (TPSA) is 21.5 Å². The van der Waals surface area contributed by atoms with Crippen molar-refractivity contribution in [3.05, 3.63) is 64.4 Å². The lowest BCUT2D eigenvalue weighted by Crippen LogP contribution is -2.14. The lowest BCUT2D eigenvalue weighted by atomic mass is 9.99. The van der Waals surface area contributed by atoms with Gasteiger partial charge in [-0.3, -0.25) is 4.79 Å². The third kappa shape index (κ3) is 1.46. The Morgan fingerprint density at radius 1 is 0.944 bits per heavy atom. The average Bonchev–Trinajstić information content (AvgIpc) is 2.39. The second kappa shape index (κ2) is 3.98. The van der Waals surface area contributed by atoms with Crippen LogP contribution in [0.3, 0.4) is 0 Å². The van der Waals surface area contributed by atoms with Crippen LogP contribution in [-0.2, 0) is 0 Å². The van der Waals surface area contributed by atoms with Crippen LogP contribution in [0.5, 0.6) is 0 Å². The molecule has 0 fully saturated rings. The van der Waals surface area contributed by atoms with Crippen molar-refractivity contribution in [2.24, 2.45) is 0 Å². The standard InChI is InChI=1S/C16H15NO/c1-11(2)15-14-9-5-6-10-17(14)13-8-4-3-7-12(13)16(15)18/h3-11H,1-2H3. The fourth-order valence-electron chi connectivity index (χ4n) is 2.57. The number of para-hydroxylation sites is 1. The van der Waals surface area contributed by atoms with Crippen molar-refractivity contribution in [2.75, 3.05) is 0 Å². The molecule has 0 atom stereocenters. The molecule has 2 heteroatoms. The summed E-state index contributed by atoms with van der Waals surface area (Å²) in [6, 6.07) is 13.8. The highest BCUT2D eigenvalue weighted by atomic mass is 16.1. The molecular weight excluding hydrogens is 222 g/mol. The molecule has 2 nitrogen and oxygen atoms in total. The molecule has 18 heavy (non-hydrogen) atoms. The second-order valence-corrected chi connectivity index (χ2v) is 4.87. The Kier molecular flexibility index (Phi) is 2.44. The molecule has 0 aliphatic carbocycles. The van der Waals surface area contributed by atoms with E-state index >= 15 is 0 Å². The molecule has 2 aromatic heterocycles. The fraction of sp³-hybridized carbons (Fsp3) is 0.188. The molecule has 3 rings (SSSR count). The third-order valence-electron chi connectivity index (χ3n) is 3.37. The maximum atomic E-state index is 12.6. The van der Waals surface area contributed by atoms with Gasteiger partial charge in [-0.15, -0.1) is 0 Å². The van der Waals surface area contributed by atoms with Gasteiger partial charge in [0.05, 0.1) is 11.0 Å². The van der Waals surface area contributed by atoms with Crippen LogP contribution >= 0.6 is 0 Å². The molecule has 3 aromatic rings. The Morgan fingerprint density at radius 3 is 2.39 bits per heavy atom. The first kappa shape index (κ1) is 11.0. The Hall–Kier alpha value is -2.09. The molecule has 0 radical (unpaired) electrons. The van der Waals surface area contributed by atoms with E-state index in [0.717, 1.165) is 22.0 Å². The van der Waals surface area contributed by atoms with Crippen LogP contribution in [0.2, 0.25) is 0 Å². The van der Waals surface area contributed by atoms with E-state index in [1.807, 2.05) is 48.7 Å². The second-order valence-electron chi connectivity index (χ2n) is 4.87. The molecule has 0 unspecified atom stereocenters. The van der Waals surface area contributed by atoms with Gasteiger partial charge in [0, 0.05) is 17.1 Å². The molecule has 0 saturated carbocycles. The summed E-state index contributed by atoms with van der Waals surface area (Å²) in [7, 11) is 0. The van der Waals surface area contributed by atoms with Crippen molar-refractivity contribution in [3.8, 4) is 0 Å². The summed E-state index contributed by atoms with van der Waals surface area (Å²) >= 11 is 0. The summed E-state index contributed by atoms with van der Waals surface area (Å²) in [4.78, 5) is 12.6. The van der Waals surface area contributed by atoms with E-state index < -0.39 is 0 Å². The predicted molar refractivity (Wildman–Crippen MR) is 75.3 cm³/mol. The molecule has 1 aromatic carbocycles. The van der Waals surface area contributed by atoms with Crippen molar-refractivity contribution in [1.82, 2.24) is 4.40 Å². The first-order valence-electron chi connectivity index (χ1n) is 6.22. The number of aromatic nitrogens is 1. The van der Waals surface area contributed by atoms with Crippen LogP contribution in [-0.4, -0.2) is 4.40 Å². The van der Waals surface area contributed by atoms with Gasteiger partial charge in [0.15, 0.2) is 5.43 Å². The molecule has 0 spiro atoms. The number of rotatable bonds is 1. The van der Waals surface area contributed by atoms with Crippen molar-refractivity contribution in [3.63, 3.8) is 0 Å². The van der Waals surface area contributed by atoms with Crippen LogP contribution in [0.25, 0.3) is 16.4 Å². The maximum absolute atomic E-state index is 12.6. The van der Waals surface area contributed by atoms with Crippen LogP contribution in [0.4, 0.5) is 0 Å². The van der Waals surface area contributed by atoms with Gasteiger partial charge in [-0.1, -0.05) is 32.0 Å². The molecule has 0 aliphatic heterocycles. The van der Waals surface area contributed by atoms with E-state index in [1.165, 1.54) is 0 Å². The van der Waals surface area contributed by atoms with Gasteiger partial charge >= 0.3 is 0 Å². The minimum atomic E-state index is 0.159. The summed E-state index contributed by atoms with van der Waals surface area (Å²) in [5.74, 6) is 0.222. The van der Waals surface area contributed by atoms with Gasteiger partial charge in [-0.25, -0.2) is 0 Å². The number of hydrogen-bond donors (Lipinski definition) is 0. The zero-order valence-corrected chi connectivity index (χ0v) is 10.6. The predicted octanol–water partition coefficient (Wildman–Crippen LogP) is 3.58. The van der Waals surface area contributed by atoms with E-state index in [4.69, 9.17) is 0 Å². The summed E-state index contributed by atoms with van der Waals surface area (Å²) in [5.41, 5.74) is 3.04. The zero-order chi connectivity index (χ0) is 12.7. The minimum Gasteiger partial charge on any atom is -0.316 e. The van der Waals surface area contributed by atoms with Crippen LogP contribution < -0.4 is 5.43 Å². The quantitative estimate of drug-likeness (QED) is 0.593. The van der Waals surface area contributed by atoms with Crippen LogP contribution in [0, 0.1) is 0 Å². The molecule has 0 N–H and O–H groups in total. The number of fused-ring (bicyclic) bond motifs is 3. The molecule has 0 bridgehead atoms. The lowest BCUT2D eigenvalue weighted by molar-refractivity contribution is 0.861. The molecule has 2 heterocycles. The van der Waals surface area contributed by atoms with Gasteiger partial charge < -0.3 is 4.40 Å². The van der Waals surface area contributed by atoms with Crippen molar-refractivity contribution < 1.29 is 0 Å². The maximum Gasteiger partial charge on any atom is 0.193 e. The first-order valence-corrected chi connectivity index (χ1v) is 6.22. The molecule has 0 amide bonds. The number of nitrogens with zero attached hydrogens (tertiary/aromatic N) is 1. The number of benzene rings is 1. The van der Waals surface area contributed by atoms with E-state index in [2.05, 4.69) is 18.2 Å². The highest BCUT2D eigenvalue weighted by Crippen LogP contribution is 2.21. The largest absolute Gasteiger partial charge is 0.316 e. The van der Waals surface area contributed by atoms with E-state index in [9.17, 15) is 4.79 Å². The Balaban J connectivity index is 2.67. The van der Waals surface area contributed by atoms with Crippen molar-refractivity contribution in [2.45, 2.75) is 19.8 Å². The molecular formula is C16H15NO. The van der Waals surface area contributed by atoms with Gasteiger partial charge in [0.1, 0.15) is 0 Å². The third-order valence-corrected chi connectivity index (χ3v) is 3.37.